The van der Waals surface area contributed by atoms with Crippen LogP contribution < -0.4 is 11.2 Å². The molecule has 0 aromatic carbocycles. The summed E-state index contributed by atoms with van der Waals surface area (Å²) < 4.78 is 1.39. The molecule has 1 aromatic heterocycles. The van der Waals surface area contributed by atoms with Crippen molar-refractivity contribution in [3.05, 3.63) is 31.6 Å². The summed E-state index contributed by atoms with van der Waals surface area (Å²) in [5.41, 5.74) is 0.125. The van der Waals surface area contributed by atoms with E-state index < -0.39 is 0 Å². The van der Waals surface area contributed by atoms with Gasteiger partial charge in [-0.25, -0.2) is 4.79 Å². The fourth-order valence-electron chi connectivity index (χ4n) is 4.02. The Morgan fingerprint density at radius 1 is 1.14 bits per heavy atom. The van der Waals surface area contributed by atoms with E-state index in [9.17, 15) is 9.59 Å². The van der Waals surface area contributed by atoms with E-state index in [0.29, 0.717) is 23.9 Å². The molecule has 0 bridgehead atoms. The van der Waals surface area contributed by atoms with E-state index in [1.165, 1.54) is 17.4 Å². The Bertz CT molecular complexity index is 628. The molecule has 116 valence electrons. The molecule has 2 unspecified atom stereocenters. The lowest BCUT2D eigenvalue weighted by atomic mass is 9.97. The first-order chi connectivity index (χ1) is 10.1. The molecule has 1 aromatic rings. The number of hydrogen-bond donors (Lipinski definition) is 1. The zero-order chi connectivity index (χ0) is 15.0. The van der Waals surface area contributed by atoms with Crippen LogP contribution in [0.15, 0.2) is 9.59 Å². The van der Waals surface area contributed by atoms with Crippen LogP contribution in [0.2, 0.25) is 5.15 Å². The highest BCUT2D eigenvalue weighted by atomic mass is 35.5. The average molecular weight is 311 g/mol. The molecule has 0 radical (unpaired) electrons. The van der Waals surface area contributed by atoms with Gasteiger partial charge < -0.3 is 0 Å². The van der Waals surface area contributed by atoms with Crippen molar-refractivity contribution in [2.45, 2.75) is 64.3 Å². The van der Waals surface area contributed by atoms with Crippen LogP contribution in [0.4, 0.5) is 0 Å². The Balaban J connectivity index is 1.98. The third-order valence-electron chi connectivity index (χ3n) is 5.39. The van der Waals surface area contributed by atoms with E-state index in [1.807, 2.05) is 0 Å². The SMILES string of the molecule is CC1CCCC1Cn1c(=O)[nH]c(Cl)c(C2CCCC2)c1=O. The topological polar surface area (TPSA) is 54.9 Å². The number of nitrogens with zero attached hydrogens (tertiary/aromatic N) is 1. The quantitative estimate of drug-likeness (QED) is 0.871. The molecular weight excluding hydrogens is 288 g/mol. The highest BCUT2D eigenvalue weighted by Gasteiger charge is 2.28. The van der Waals surface area contributed by atoms with E-state index in [0.717, 1.165) is 32.1 Å². The molecule has 2 aliphatic carbocycles. The molecule has 0 amide bonds. The number of H-pyrrole nitrogens is 1. The molecule has 21 heavy (non-hydrogen) atoms. The highest BCUT2D eigenvalue weighted by Crippen LogP contribution is 2.35. The van der Waals surface area contributed by atoms with Gasteiger partial charge in [-0.05, 0) is 37.0 Å². The molecule has 1 N–H and O–H groups in total. The second-order valence-electron chi connectivity index (χ2n) is 6.72. The lowest BCUT2D eigenvalue weighted by molar-refractivity contribution is 0.351. The van der Waals surface area contributed by atoms with Crippen molar-refractivity contribution in [3.63, 3.8) is 0 Å². The lowest BCUT2D eigenvalue weighted by Gasteiger charge is -2.18. The highest BCUT2D eigenvalue weighted by molar-refractivity contribution is 6.30. The maximum absolute atomic E-state index is 12.8. The van der Waals surface area contributed by atoms with Crippen LogP contribution in [0, 0.1) is 11.8 Å². The zero-order valence-electron chi connectivity index (χ0n) is 12.5. The molecule has 0 saturated heterocycles. The van der Waals surface area contributed by atoms with Gasteiger partial charge in [0.25, 0.3) is 5.56 Å². The van der Waals surface area contributed by atoms with Gasteiger partial charge in [0.2, 0.25) is 0 Å². The minimum absolute atomic E-state index is 0.158. The van der Waals surface area contributed by atoms with E-state index in [1.54, 1.807) is 0 Å². The predicted molar refractivity (Wildman–Crippen MR) is 84.0 cm³/mol. The molecule has 2 fully saturated rings. The predicted octanol–water partition coefficient (Wildman–Crippen LogP) is 3.28. The van der Waals surface area contributed by atoms with Gasteiger partial charge in [0.1, 0.15) is 5.15 Å². The average Bonchev–Trinajstić information content (AvgIpc) is 3.07. The fraction of sp³-hybridized carbons (Fsp3) is 0.750. The van der Waals surface area contributed by atoms with Crippen molar-refractivity contribution in [1.29, 1.82) is 0 Å². The molecule has 0 aliphatic heterocycles. The molecule has 5 heteroatoms. The Hall–Kier alpha value is -1.03. The fourth-order valence-corrected chi connectivity index (χ4v) is 4.34. The minimum Gasteiger partial charge on any atom is -0.297 e. The van der Waals surface area contributed by atoms with Gasteiger partial charge in [0.05, 0.1) is 5.56 Å². The lowest BCUT2D eigenvalue weighted by Crippen LogP contribution is -2.40. The Kier molecular flexibility index (Phi) is 4.25. The van der Waals surface area contributed by atoms with Gasteiger partial charge in [-0.1, -0.05) is 44.2 Å². The summed E-state index contributed by atoms with van der Waals surface area (Å²) in [4.78, 5) is 27.6. The first kappa shape index (κ1) is 14.9. The van der Waals surface area contributed by atoms with Gasteiger partial charge in [-0.15, -0.1) is 0 Å². The van der Waals surface area contributed by atoms with Gasteiger partial charge in [-0.2, -0.15) is 0 Å². The molecule has 3 rings (SSSR count). The van der Waals surface area contributed by atoms with Crippen molar-refractivity contribution >= 4 is 11.6 Å². The molecule has 2 saturated carbocycles. The van der Waals surface area contributed by atoms with Gasteiger partial charge in [-0.3, -0.25) is 14.3 Å². The maximum atomic E-state index is 12.8. The summed E-state index contributed by atoms with van der Waals surface area (Å²) in [7, 11) is 0. The number of halogens is 1. The number of hydrogen-bond acceptors (Lipinski definition) is 2. The van der Waals surface area contributed by atoms with E-state index in [-0.39, 0.29) is 22.3 Å². The van der Waals surface area contributed by atoms with Crippen LogP contribution in [0.3, 0.4) is 0 Å². The van der Waals surface area contributed by atoms with Crippen LogP contribution in [-0.2, 0) is 6.54 Å². The monoisotopic (exact) mass is 310 g/mol. The summed E-state index contributed by atoms with van der Waals surface area (Å²) in [5.74, 6) is 1.23. The summed E-state index contributed by atoms with van der Waals surface area (Å²) >= 11 is 6.16. The van der Waals surface area contributed by atoms with Crippen molar-refractivity contribution in [2.75, 3.05) is 0 Å². The number of rotatable bonds is 3. The van der Waals surface area contributed by atoms with E-state index >= 15 is 0 Å². The van der Waals surface area contributed by atoms with Crippen LogP contribution in [0.1, 0.15) is 63.4 Å². The van der Waals surface area contributed by atoms with E-state index in [2.05, 4.69) is 11.9 Å². The maximum Gasteiger partial charge on any atom is 0.329 e. The van der Waals surface area contributed by atoms with Crippen LogP contribution >= 0.6 is 11.6 Å². The third-order valence-corrected chi connectivity index (χ3v) is 5.69. The smallest absolute Gasteiger partial charge is 0.297 e. The summed E-state index contributed by atoms with van der Waals surface area (Å²) in [5, 5.41) is 0.257. The second kappa shape index (κ2) is 5.99. The third kappa shape index (κ3) is 2.83. The normalized spacial score (nSPS) is 26.6. The Labute approximate surface area is 129 Å². The van der Waals surface area contributed by atoms with Gasteiger partial charge >= 0.3 is 5.69 Å². The van der Waals surface area contributed by atoms with Crippen LogP contribution in [0.25, 0.3) is 0 Å². The van der Waals surface area contributed by atoms with Crippen molar-refractivity contribution in [2.24, 2.45) is 11.8 Å². The van der Waals surface area contributed by atoms with Crippen LogP contribution in [-0.4, -0.2) is 9.55 Å². The first-order valence-electron chi connectivity index (χ1n) is 8.10. The van der Waals surface area contributed by atoms with Gasteiger partial charge in [0.15, 0.2) is 0 Å². The summed E-state index contributed by atoms with van der Waals surface area (Å²) in [6.45, 7) is 2.75. The Morgan fingerprint density at radius 3 is 2.48 bits per heavy atom. The van der Waals surface area contributed by atoms with Crippen molar-refractivity contribution < 1.29 is 0 Å². The summed E-state index contributed by atoms with van der Waals surface area (Å²) in [6, 6.07) is 0. The molecule has 0 spiro atoms. The summed E-state index contributed by atoms with van der Waals surface area (Å²) in [6.07, 6.45) is 7.77. The standard InChI is InChI=1S/C16H23ClN2O2/c1-10-5-4-8-12(10)9-19-15(20)13(11-6-2-3-7-11)14(17)18-16(19)21/h10-12H,2-9H2,1H3,(H,18,21). The number of nitrogens with one attached hydrogen (secondary N) is 1. The molecule has 2 aliphatic rings. The largest absolute Gasteiger partial charge is 0.329 e. The zero-order valence-corrected chi connectivity index (χ0v) is 13.3. The van der Waals surface area contributed by atoms with Crippen LogP contribution in [0.5, 0.6) is 0 Å². The van der Waals surface area contributed by atoms with Crippen molar-refractivity contribution in [3.8, 4) is 0 Å². The molecule has 4 nitrogen and oxygen atoms in total. The molecule has 2 atom stereocenters. The van der Waals surface area contributed by atoms with Crippen molar-refractivity contribution in [1.82, 2.24) is 9.55 Å². The second-order valence-corrected chi connectivity index (χ2v) is 7.10. The van der Waals surface area contributed by atoms with E-state index in [4.69, 9.17) is 11.6 Å². The molecular formula is C16H23ClN2O2. The Morgan fingerprint density at radius 2 is 1.86 bits per heavy atom. The first-order valence-corrected chi connectivity index (χ1v) is 8.48. The number of aromatic amines is 1. The van der Waals surface area contributed by atoms with Gasteiger partial charge in [0, 0.05) is 6.54 Å². The minimum atomic E-state index is -0.356. The molecule has 1 heterocycles. The number of aromatic nitrogens is 2.